The molecule has 142 valence electrons. The summed E-state index contributed by atoms with van der Waals surface area (Å²) in [6, 6.07) is 0. The molecule has 5 nitrogen and oxygen atoms in total. The molecule has 3 N–H and O–H groups in total. The highest BCUT2D eigenvalue weighted by Gasteiger charge is 2.13. The van der Waals surface area contributed by atoms with E-state index in [9.17, 15) is 20.1 Å². The molecule has 0 aromatic carbocycles. The normalized spacial score (nSPS) is 15.4. The topological polar surface area (TPSA) is 87.0 Å². The molecule has 0 aliphatic heterocycles. The monoisotopic (exact) mass is 344 g/mol. The van der Waals surface area contributed by atoms with Crippen LogP contribution in [0.25, 0.3) is 0 Å². The van der Waals surface area contributed by atoms with Gasteiger partial charge < -0.3 is 20.1 Å². The number of aliphatic hydroxyl groups excluding tert-OH is 3. The maximum Gasteiger partial charge on any atom is 0.305 e. The second-order valence-corrected chi connectivity index (χ2v) is 6.39. The Labute approximate surface area is 146 Å². The molecule has 3 atom stereocenters. The number of carbonyl (C=O) groups is 1. The van der Waals surface area contributed by atoms with E-state index in [2.05, 4.69) is 11.7 Å². The van der Waals surface area contributed by atoms with Gasteiger partial charge in [-0.15, -0.1) is 0 Å². The molecule has 0 heterocycles. The molecule has 0 spiro atoms. The van der Waals surface area contributed by atoms with Gasteiger partial charge in [0.05, 0.1) is 25.4 Å². The molecule has 0 aliphatic rings. The summed E-state index contributed by atoms with van der Waals surface area (Å²) < 4.78 is 4.58. The summed E-state index contributed by atoms with van der Waals surface area (Å²) in [7, 11) is 1.40. The van der Waals surface area contributed by atoms with Gasteiger partial charge >= 0.3 is 5.97 Å². The van der Waals surface area contributed by atoms with Gasteiger partial charge in [-0.2, -0.15) is 0 Å². The van der Waals surface area contributed by atoms with E-state index >= 15 is 0 Å². The molecular weight excluding hydrogens is 308 g/mol. The number of unbranched alkanes of at least 4 members (excludes halogenated alkanes) is 6. The van der Waals surface area contributed by atoms with Crippen LogP contribution in [-0.2, 0) is 9.53 Å². The van der Waals surface area contributed by atoms with Crippen molar-refractivity contribution in [3.05, 3.63) is 12.2 Å². The number of rotatable bonds is 15. The van der Waals surface area contributed by atoms with Crippen molar-refractivity contribution in [3.63, 3.8) is 0 Å². The van der Waals surface area contributed by atoms with Crippen LogP contribution in [0.15, 0.2) is 12.2 Å². The summed E-state index contributed by atoms with van der Waals surface area (Å²) in [5.41, 5.74) is 0. The number of ether oxygens (including phenoxy) is 1. The van der Waals surface area contributed by atoms with E-state index in [1.165, 1.54) is 13.2 Å². The molecule has 0 aliphatic carbocycles. The van der Waals surface area contributed by atoms with Gasteiger partial charge in [-0.25, -0.2) is 0 Å². The minimum Gasteiger partial charge on any atom is -0.469 e. The van der Waals surface area contributed by atoms with Gasteiger partial charge in [0, 0.05) is 6.42 Å². The van der Waals surface area contributed by atoms with Crippen LogP contribution in [0.1, 0.15) is 77.6 Å². The Kier molecular flexibility index (Phi) is 15.0. The van der Waals surface area contributed by atoms with E-state index in [0.717, 1.165) is 51.4 Å². The Bertz CT molecular complexity index is 330. The van der Waals surface area contributed by atoms with Crippen molar-refractivity contribution in [1.82, 2.24) is 0 Å². The smallest absolute Gasteiger partial charge is 0.305 e. The first-order chi connectivity index (χ1) is 11.5. The summed E-state index contributed by atoms with van der Waals surface area (Å²) >= 11 is 0. The molecule has 0 saturated heterocycles. The van der Waals surface area contributed by atoms with E-state index in [0.29, 0.717) is 19.3 Å². The Balaban J connectivity index is 3.67. The summed E-state index contributed by atoms with van der Waals surface area (Å²) in [5, 5.41) is 29.5. The molecule has 0 rings (SSSR count). The standard InChI is InChI=1S/C19H36O5/c1-3-4-8-11-16(20)14-15-18(22)17(21)12-9-6-5-7-10-13-19(23)24-2/h14-18,20-22H,3-13H2,1-2H3/b15-14+/t16-,17+,18-/m1/s1. The van der Waals surface area contributed by atoms with Crippen molar-refractivity contribution in [2.45, 2.75) is 95.9 Å². The lowest BCUT2D eigenvalue weighted by Gasteiger charge is -2.15. The fourth-order valence-corrected chi connectivity index (χ4v) is 2.50. The Morgan fingerprint density at radius 2 is 1.54 bits per heavy atom. The van der Waals surface area contributed by atoms with Crippen molar-refractivity contribution in [2.24, 2.45) is 0 Å². The molecule has 24 heavy (non-hydrogen) atoms. The van der Waals surface area contributed by atoms with Crippen molar-refractivity contribution in [3.8, 4) is 0 Å². The first-order valence-corrected chi connectivity index (χ1v) is 9.30. The number of carbonyl (C=O) groups excluding carboxylic acids is 1. The minimum absolute atomic E-state index is 0.169. The SMILES string of the molecule is CCCCC[C@@H](O)/C=C/[C@@H](O)[C@@H](O)CCCCCCCC(=O)OC. The third-order valence-electron chi connectivity index (χ3n) is 4.14. The summed E-state index contributed by atoms with van der Waals surface area (Å²) in [5.74, 6) is -0.169. The third kappa shape index (κ3) is 13.5. The summed E-state index contributed by atoms with van der Waals surface area (Å²) in [6.07, 6.45) is 10.3. The Morgan fingerprint density at radius 3 is 2.21 bits per heavy atom. The highest BCUT2D eigenvalue weighted by Crippen LogP contribution is 2.12. The Hall–Kier alpha value is -0.910. The quantitative estimate of drug-likeness (QED) is 0.241. The lowest BCUT2D eigenvalue weighted by molar-refractivity contribution is -0.140. The molecule has 0 radical (unpaired) electrons. The maximum absolute atomic E-state index is 10.9. The van der Waals surface area contributed by atoms with Gasteiger partial charge in [0.1, 0.15) is 0 Å². The van der Waals surface area contributed by atoms with Crippen LogP contribution in [-0.4, -0.2) is 46.7 Å². The number of hydrogen-bond donors (Lipinski definition) is 3. The van der Waals surface area contributed by atoms with Crippen molar-refractivity contribution >= 4 is 5.97 Å². The van der Waals surface area contributed by atoms with E-state index in [1.54, 1.807) is 6.08 Å². The van der Waals surface area contributed by atoms with Crippen molar-refractivity contribution in [2.75, 3.05) is 7.11 Å². The largest absolute Gasteiger partial charge is 0.469 e. The fraction of sp³-hybridized carbons (Fsp3) is 0.842. The molecular formula is C19H36O5. The molecule has 5 heteroatoms. The number of hydrogen-bond acceptors (Lipinski definition) is 5. The number of aliphatic hydroxyl groups is 3. The Morgan fingerprint density at radius 1 is 0.917 bits per heavy atom. The van der Waals surface area contributed by atoms with Crippen LogP contribution < -0.4 is 0 Å². The first kappa shape index (κ1) is 23.1. The van der Waals surface area contributed by atoms with Gasteiger partial charge in [0.15, 0.2) is 0 Å². The van der Waals surface area contributed by atoms with Gasteiger partial charge in [-0.1, -0.05) is 64.0 Å². The van der Waals surface area contributed by atoms with Crippen LogP contribution in [0.2, 0.25) is 0 Å². The lowest BCUT2D eigenvalue weighted by Crippen LogP contribution is -2.24. The van der Waals surface area contributed by atoms with Crippen LogP contribution >= 0.6 is 0 Å². The predicted molar refractivity (Wildman–Crippen MR) is 95.6 cm³/mol. The van der Waals surface area contributed by atoms with Gasteiger partial charge in [-0.3, -0.25) is 4.79 Å². The molecule has 0 saturated carbocycles. The highest BCUT2D eigenvalue weighted by atomic mass is 16.5. The average molecular weight is 344 g/mol. The molecule has 0 fully saturated rings. The zero-order chi connectivity index (χ0) is 18.2. The molecule has 0 aromatic rings. The molecule has 0 amide bonds. The molecule has 0 unspecified atom stereocenters. The minimum atomic E-state index is -0.926. The average Bonchev–Trinajstić information content (AvgIpc) is 2.58. The highest BCUT2D eigenvalue weighted by molar-refractivity contribution is 5.68. The van der Waals surface area contributed by atoms with E-state index in [-0.39, 0.29) is 5.97 Å². The van der Waals surface area contributed by atoms with E-state index < -0.39 is 18.3 Å². The maximum atomic E-state index is 10.9. The van der Waals surface area contributed by atoms with E-state index in [4.69, 9.17) is 0 Å². The van der Waals surface area contributed by atoms with Crippen molar-refractivity contribution < 1.29 is 24.9 Å². The second kappa shape index (κ2) is 15.6. The second-order valence-electron chi connectivity index (χ2n) is 6.39. The predicted octanol–water partition coefficient (Wildman–Crippen LogP) is 3.11. The summed E-state index contributed by atoms with van der Waals surface area (Å²) in [4.78, 5) is 10.9. The van der Waals surface area contributed by atoms with Crippen LogP contribution in [0, 0.1) is 0 Å². The lowest BCUT2D eigenvalue weighted by atomic mass is 10.0. The van der Waals surface area contributed by atoms with Gasteiger partial charge in [0.25, 0.3) is 0 Å². The number of esters is 1. The van der Waals surface area contributed by atoms with Crippen LogP contribution in [0.3, 0.4) is 0 Å². The van der Waals surface area contributed by atoms with Gasteiger partial charge in [-0.05, 0) is 19.3 Å². The zero-order valence-corrected chi connectivity index (χ0v) is 15.3. The first-order valence-electron chi connectivity index (χ1n) is 9.30. The fourth-order valence-electron chi connectivity index (χ4n) is 2.50. The van der Waals surface area contributed by atoms with Crippen LogP contribution in [0.4, 0.5) is 0 Å². The van der Waals surface area contributed by atoms with E-state index in [1.807, 2.05) is 0 Å². The van der Waals surface area contributed by atoms with Crippen molar-refractivity contribution in [1.29, 1.82) is 0 Å². The number of methoxy groups -OCH3 is 1. The van der Waals surface area contributed by atoms with Gasteiger partial charge in [0.2, 0.25) is 0 Å². The summed E-state index contributed by atoms with van der Waals surface area (Å²) in [6.45, 7) is 2.11. The van der Waals surface area contributed by atoms with Crippen LogP contribution in [0.5, 0.6) is 0 Å². The molecule has 0 bridgehead atoms. The third-order valence-corrected chi connectivity index (χ3v) is 4.14. The zero-order valence-electron chi connectivity index (χ0n) is 15.3. The molecule has 0 aromatic heterocycles.